The molecule has 15 heavy (non-hydrogen) atoms. The van der Waals surface area contributed by atoms with Gasteiger partial charge >= 0.3 is 0 Å². The molecule has 0 unspecified atom stereocenters. The van der Waals surface area contributed by atoms with E-state index in [-0.39, 0.29) is 5.41 Å². The third kappa shape index (κ3) is 2.17. The summed E-state index contributed by atoms with van der Waals surface area (Å²) >= 11 is 3.40. The zero-order chi connectivity index (χ0) is 11.1. The van der Waals surface area contributed by atoms with Gasteiger partial charge in [0.25, 0.3) is 0 Å². The Morgan fingerprint density at radius 3 is 2.60 bits per heavy atom. The first-order valence-corrected chi connectivity index (χ1v) is 5.69. The minimum Gasteiger partial charge on any atom is -0.235 e. The molecule has 0 aliphatic carbocycles. The summed E-state index contributed by atoms with van der Waals surface area (Å²) in [6.07, 6.45) is 1.78. The van der Waals surface area contributed by atoms with Gasteiger partial charge in [0.05, 0.1) is 0 Å². The van der Waals surface area contributed by atoms with Crippen molar-refractivity contribution >= 4 is 27.0 Å². The molecule has 0 N–H and O–H groups in total. The number of pyridine rings is 2. The molecule has 0 saturated carbocycles. The van der Waals surface area contributed by atoms with E-state index in [1.807, 2.05) is 6.07 Å². The Balaban J connectivity index is 2.62. The van der Waals surface area contributed by atoms with E-state index in [1.54, 1.807) is 6.20 Å². The minimum absolute atomic E-state index is 0.0724. The predicted octanol–water partition coefficient (Wildman–Crippen LogP) is 3.69. The van der Waals surface area contributed by atoms with Gasteiger partial charge in [-0.15, -0.1) is 0 Å². The highest BCUT2D eigenvalue weighted by Gasteiger charge is 2.15. The maximum absolute atomic E-state index is 4.56. The van der Waals surface area contributed by atoms with Crippen LogP contribution in [0.1, 0.15) is 26.5 Å². The molecule has 0 amide bonds. The fourth-order valence-corrected chi connectivity index (χ4v) is 1.75. The largest absolute Gasteiger partial charge is 0.235 e. The summed E-state index contributed by atoms with van der Waals surface area (Å²) in [6, 6.07) is 6.17. The average Bonchev–Trinajstić information content (AvgIpc) is 2.15. The summed E-state index contributed by atoms with van der Waals surface area (Å²) in [7, 11) is 0. The van der Waals surface area contributed by atoms with E-state index in [1.165, 1.54) is 0 Å². The Bertz CT molecular complexity index is 500. The number of halogens is 1. The van der Waals surface area contributed by atoms with Gasteiger partial charge in [-0.25, -0.2) is 9.97 Å². The van der Waals surface area contributed by atoms with E-state index in [2.05, 4.69) is 58.8 Å². The maximum Gasteiger partial charge on any atom is 0.159 e. The van der Waals surface area contributed by atoms with Crippen molar-refractivity contribution in [1.82, 2.24) is 9.97 Å². The molecule has 2 heterocycles. The molecule has 2 aromatic rings. The van der Waals surface area contributed by atoms with Crippen LogP contribution >= 0.6 is 15.9 Å². The van der Waals surface area contributed by atoms with Gasteiger partial charge in [0.1, 0.15) is 0 Å². The molecule has 0 aliphatic heterocycles. The minimum atomic E-state index is 0.0724. The molecule has 0 saturated heterocycles. The lowest BCUT2D eigenvalue weighted by atomic mass is 9.91. The molecule has 0 aromatic carbocycles. The van der Waals surface area contributed by atoms with Crippen molar-refractivity contribution in [3.63, 3.8) is 0 Å². The van der Waals surface area contributed by atoms with Gasteiger partial charge in [0.15, 0.2) is 5.65 Å². The van der Waals surface area contributed by atoms with Crippen molar-refractivity contribution in [3.8, 4) is 0 Å². The molecule has 0 aliphatic rings. The second kappa shape index (κ2) is 3.56. The summed E-state index contributed by atoms with van der Waals surface area (Å²) in [6.45, 7) is 6.46. The number of hydrogen-bond acceptors (Lipinski definition) is 2. The topological polar surface area (TPSA) is 25.8 Å². The van der Waals surface area contributed by atoms with E-state index in [9.17, 15) is 0 Å². The molecule has 3 heteroatoms. The highest BCUT2D eigenvalue weighted by molar-refractivity contribution is 9.10. The van der Waals surface area contributed by atoms with E-state index >= 15 is 0 Å². The first kappa shape index (κ1) is 10.6. The molecule has 0 radical (unpaired) electrons. The van der Waals surface area contributed by atoms with Crippen molar-refractivity contribution in [3.05, 3.63) is 34.6 Å². The third-order valence-electron chi connectivity index (χ3n) is 2.28. The fraction of sp³-hybridized carbons (Fsp3) is 0.333. The molecular weight excluding hydrogens is 252 g/mol. The molecule has 0 fully saturated rings. The first-order valence-electron chi connectivity index (χ1n) is 4.89. The summed E-state index contributed by atoms with van der Waals surface area (Å²) in [5.41, 5.74) is 1.96. The zero-order valence-electron chi connectivity index (χ0n) is 9.08. The van der Waals surface area contributed by atoms with Crippen LogP contribution in [0.5, 0.6) is 0 Å². The lowest BCUT2D eigenvalue weighted by molar-refractivity contribution is 0.571. The van der Waals surface area contributed by atoms with Crippen molar-refractivity contribution < 1.29 is 0 Å². The standard InChI is InChI=1S/C12H13BrN2/c1-12(2,3)10-5-4-8-6-9(13)7-14-11(8)15-10/h4-7H,1-3H3. The van der Waals surface area contributed by atoms with Crippen molar-refractivity contribution in [2.45, 2.75) is 26.2 Å². The lowest BCUT2D eigenvalue weighted by Gasteiger charge is -2.17. The Kier molecular flexibility index (Phi) is 2.51. The van der Waals surface area contributed by atoms with Gasteiger partial charge < -0.3 is 0 Å². The van der Waals surface area contributed by atoms with Crippen molar-refractivity contribution in [2.24, 2.45) is 0 Å². The Morgan fingerprint density at radius 2 is 1.93 bits per heavy atom. The maximum atomic E-state index is 4.56. The smallest absolute Gasteiger partial charge is 0.159 e. The first-order chi connectivity index (χ1) is 6.97. The van der Waals surface area contributed by atoms with E-state index < -0.39 is 0 Å². The molecule has 2 rings (SSSR count). The van der Waals surface area contributed by atoms with E-state index in [4.69, 9.17) is 0 Å². The van der Waals surface area contributed by atoms with Crippen molar-refractivity contribution in [1.29, 1.82) is 0 Å². The van der Waals surface area contributed by atoms with E-state index in [0.29, 0.717) is 0 Å². The summed E-state index contributed by atoms with van der Waals surface area (Å²) in [5.74, 6) is 0. The molecule has 0 spiro atoms. The van der Waals surface area contributed by atoms with Crippen LogP contribution in [0.2, 0.25) is 0 Å². The molecule has 78 valence electrons. The number of hydrogen-bond donors (Lipinski definition) is 0. The summed E-state index contributed by atoms with van der Waals surface area (Å²) in [5, 5.41) is 1.07. The second-order valence-electron chi connectivity index (χ2n) is 4.65. The zero-order valence-corrected chi connectivity index (χ0v) is 10.7. The lowest BCUT2D eigenvalue weighted by Crippen LogP contribution is -2.13. The Hall–Kier alpha value is -0.960. The van der Waals surface area contributed by atoms with Crippen LogP contribution in [-0.4, -0.2) is 9.97 Å². The molecule has 2 nitrogen and oxygen atoms in total. The molecular formula is C12H13BrN2. The third-order valence-corrected chi connectivity index (χ3v) is 2.71. The predicted molar refractivity (Wildman–Crippen MR) is 65.9 cm³/mol. The van der Waals surface area contributed by atoms with Crippen LogP contribution in [0.25, 0.3) is 11.0 Å². The average molecular weight is 265 g/mol. The van der Waals surface area contributed by atoms with Gasteiger partial charge in [0.2, 0.25) is 0 Å². The second-order valence-corrected chi connectivity index (χ2v) is 5.56. The van der Waals surface area contributed by atoms with E-state index in [0.717, 1.165) is 21.2 Å². The van der Waals surface area contributed by atoms with Crippen molar-refractivity contribution in [2.75, 3.05) is 0 Å². The van der Waals surface area contributed by atoms with Crippen LogP contribution in [0.4, 0.5) is 0 Å². The van der Waals surface area contributed by atoms with Gasteiger partial charge in [-0.3, -0.25) is 0 Å². The number of rotatable bonds is 0. The SMILES string of the molecule is CC(C)(C)c1ccc2cc(Br)cnc2n1. The van der Waals surface area contributed by atoms with Gasteiger partial charge in [-0.1, -0.05) is 20.8 Å². The van der Waals surface area contributed by atoms with Crippen LogP contribution in [0.15, 0.2) is 28.9 Å². The van der Waals surface area contributed by atoms with Crippen LogP contribution < -0.4 is 0 Å². The summed E-state index contributed by atoms with van der Waals surface area (Å²) < 4.78 is 0.986. The van der Waals surface area contributed by atoms with Crippen LogP contribution in [-0.2, 0) is 5.41 Å². The Labute approximate surface area is 97.9 Å². The molecule has 2 aromatic heterocycles. The Morgan fingerprint density at radius 1 is 1.20 bits per heavy atom. The number of nitrogens with zero attached hydrogens (tertiary/aromatic N) is 2. The van der Waals surface area contributed by atoms with Crippen LogP contribution in [0, 0.1) is 0 Å². The number of aromatic nitrogens is 2. The quantitative estimate of drug-likeness (QED) is 0.726. The fourth-order valence-electron chi connectivity index (χ4n) is 1.40. The normalized spacial score (nSPS) is 12.0. The number of fused-ring (bicyclic) bond motifs is 1. The van der Waals surface area contributed by atoms with Gasteiger partial charge in [-0.2, -0.15) is 0 Å². The summed E-state index contributed by atoms with van der Waals surface area (Å²) in [4.78, 5) is 8.85. The van der Waals surface area contributed by atoms with Gasteiger partial charge in [-0.05, 0) is 34.1 Å². The molecule has 0 atom stereocenters. The van der Waals surface area contributed by atoms with Gasteiger partial charge in [0, 0.05) is 27.2 Å². The monoisotopic (exact) mass is 264 g/mol. The van der Waals surface area contributed by atoms with Crippen LogP contribution in [0.3, 0.4) is 0 Å². The highest BCUT2D eigenvalue weighted by atomic mass is 79.9. The molecule has 0 bridgehead atoms. The highest BCUT2D eigenvalue weighted by Crippen LogP contribution is 2.23.